The standard InChI is InChI=1S/C29H27NO13/c1-16(32)40-23-9-5-20(13-25(23)42-18(3)34)7-11-27(36)30(22(15-31)29(38)39)28(37)12-8-21-6-10-24(41-17(2)33)26(14-21)43-19(4)35/h5-14,22,31H,15H2,1-4H3,(H,38,39)/t22-/m1/s1. The summed E-state index contributed by atoms with van der Waals surface area (Å²) in [6.07, 6.45) is 4.05. The smallest absolute Gasteiger partial charge is 0.329 e. The first-order valence-electron chi connectivity index (χ1n) is 12.3. The molecule has 0 aromatic heterocycles. The zero-order valence-electron chi connectivity index (χ0n) is 23.4. The number of esters is 4. The van der Waals surface area contributed by atoms with Gasteiger partial charge in [0.15, 0.2) is 29.0 Å². The second kappa shape index (κ2) is 15.4. The topological polar surface area (TPSA) is 200 Å². The van der Waals surface area contributed by atoms with E-state index >= 15 is 0 Å². The Kier molecular flexibility index (Phi) is 12.0. The van der Waals surface area contributed by atoms with E-state index in [2.05, 4.69) is 0 Å². The van der Waals surface area contributed by atoms with Crippen molar-refractivity contribution in [3.8, 4) is 23.0 Å². The maximum absolute atomic E-state index is 13.0. The highest BCUT2D eigenvalue weighted by Gasteiger charge is 2.32. The Balaban J connectivity index is 2.40. The van der Waals surface area contributed by atoms with E-state index in [-0.39, 0.29) is 34.1 Å². The molecule has 14 heteroatoms. The lowest BCUT2D eigenvalue weighted by Gasteiger charge is -2.23. The van der Waals surface area contributed by atoms with Gasteiger partial charge >= 0.3 is 29.8 Å². The zero-order valence-corrected chi connectivity index (χ0v) is 23.4. The van der Waals surface area contributed by atoms with Crippen molar-refractivity contribution >= 4 is 53.8 Å². The Bertz CT molecular complexity index is 1400. The number of ether oxygens (including phenoxy) is 4. The van der Waals surface area contributed by atoms with Crippen LogP contribution in [-0.4, -0.2) is 69.4 Å². The van der Waals surface area contributed by atoms with Crippen LogP contribution in [0.3, 0.4) is 0 Å². The van der Waals surface area contributed by atoms with Gasteiger partial charge in [-0.3, -0.25) is 33.7 Å². The molecule has 2 amide bonds. The Morgan fingerprint density at radius 3 is 1.30 bits per heavy atom. The number of imide groups is 1. The minimum Gasteiger partial charge on any atom is -0.480 e. The van der Waals surface area contributed by atoms with Crippen LogP contribution in [0.2, 0.25) is 0 Å². The van der Waals surface area contributed by atoms with Gasteiger partial charge in [0.2, 0.25) is 0 Å². The molecule has 226 valence electrons. The number of benzene rings is 2. The Morgan fingerprint density at radius 1 is 0.651 bits per heavy atom. The van der Waals surface area contributed by atoms with Crippen molar-refractivity contribution in [3.63, 3.8) is 0 Å². The van der Waals surface area contributed by atoms with Gasteiger partial charge in [-0.2, -0.15) is 0 Å². The van der Waals surface area contributed by atoms with Crippen LogP contribution in [0.4, 0.5) is 0 Å². The number of aliphatic hydroxyl groups is 1. The molecular formula is C29H27NO13. The molecule has 14 nitrogen and oxygen atoms in total. The SMILES string of the molecule is CC(=O)Oc1ccc(C=CC(=O)N(C(=O)C=Cc2ccc(OC(C)=O)c(OC(C)=O)c2)[C@H](CO)C(=O)O)cc1OC(C)=O. The number of rotatable bonds is 11. The van der Waals surface area contributed by atoms with Crippen LogP contribution in [0.15, 0.2) is 48.6 Å². The molecule has 0 aliphatic carbocycles. The van der Waals surface area contributed by atoms with Gasteiger partial charge in [0.25, 0.3) is 11.8 Å². The molecule has 1 atom stereocenters. The first-order chi connectivity index (χ1) is 20.2. The number of amides is 2. The molecule has 0 spiro atoms. The fraction of sp³-hybridized carbons (Fsp3) is 0.207. The lowest BCUT2D eigenvalue weighted by Crippen LogP contribution is -2.49. The summed E-state index contributed by atoms with van der Waals surface area (Å²) >= 11 is 0. The van der Waals surface area contributed by atoms with Crippen molar-refractivity contribution in [2.45, 2.75) is 33.7 Å². The molecular weight excluding hydrogens is 570 g/mol. The van der Waals surface area contributed by atoms with E-state index in [0.717, 1.165) is 39.8 Å². The summed E-state index contributed by atoms with van der Waals surface area (Å²) in [6.45, 7) is 3.41. The van der Waals surface area contributed by atoms with Crippen molar-refractivity contribution in [1.82, 2.24) is 4.90 Å². The van der Waals surface area contributed by atoms with E-state index in [0.29, 0.717) is 4.90 Å². The summed E-state index contributed by atoms with van der Waals surface area (Å²) in [5, 5.41) is 19.1. The van der Waals surface area contributed by atoms with Crippen molar-refractivity contribution in [3.05, 3.63) is 59.7 Å². The molecule has 43 heavy (non-hydrogen) atoms. The fourth-order valence-corrected chi connectivity index (χ4v) is 3.39. The number of aliphatic carboxylic acids is 1. The van der Waals surface area contributed by atoms with Gasteiger partial charge in [0.05, 0.1) is 6.61 Å². The van der Waals surface area contributed by atoms with Crippen LogP contribution < -0.4 is 18.9 Å². The number of nitrogens with zero attached hydrogens (tertiary/aromatic N) is 1. The average molecular weight is 598 g/mol. The summed E-state index contributed by atoms with van der Waals surface area (Å²) < 4.78 is 20.0. The molecule has 0 aliphatic rings. The number of hydrogen-bond acceptors (Lipinski definition) is 12. The van der Waals surface area contributed by atoms with Gasteiger partial charge < -0.3 is 29.2 Å². The Morgan fingerprint density at radius 2 is 1.00 bits per heavy atom. The Labute approximate surface area is 244 Å². The van der Waals surface area contributed by atoms with Crippen molar-refractivity contribution < 1.29 is 62.7 Å². The van der Waals surface area contributed by atoms with Gasteiger partial charge in [0.1, 0.15) is 0 Å². The van der Waals surface area contributed by atoms with Crippen LogP contribution >= 0.6 is 0 Å². The largest absolute Gasteiger partial charge is 0.480 e. The molecule has 2 rings (SSSR count). The molecule has 0 radical (unpaired) electrons. The van der Waals surface area contributed by atoms with Crippen LogP contribution in [0, 0.1) is 0 Å². The average Bonchev–Trinajstić information content (AvgIpc) is 2.90. The van der Waals surface area contributed by atoms with Crippen molar-refractivity contribution in [2.75, 3.05) is 6.61 Å². The van der Waals surface area contributed by atoms with Crippen LogP contribution in [0.1, 0.15) is 38.8 Å². The highest BCUT2D eigenvalue weighted by atomic mass is 16.6. The quantitative estimate of drug-likeness (QED) is 0.216. The number of carbonyl (C=O) groups excluding carboxylic acids is 6. The predicted octanol–water partition coefficient (Wildman–Crippen LogP) is 1.92. The summed E-state index contributed by atoms with van der Waals surface area (Å²) in [4.78, 5) is 83.6. The van der Waals surface area contributed by atoms with Gasteiger partial charge in [-0.25, -0.2) is 4.79 Å². The molecule has 0 saturated carbocycles. The van der Waals surface area contributed by atoms with Crippen LogP contribution in [0.25, 0.3) is 12.2 Å². The van der Waals surface area contributed by atoms with Gasteiger partial charge in [-0.05, 0) is 47.5 Å². The molecule has 0 heterocycles. The van der Waals surface area contributed by atoms with E-state index in [1.165, 1.54) is 48.6 Å². The van der Waals surface area contributed by atoms with Gasteiger partial charge in [-0.1, -0.05) is 12.1 Å². The molecule has 2 aromatic rings. The van der Waals surface area contributed by atoms with Crippen molar-refractivity contribution in [2.24, 2.45) is 0 Å². The second-order valence-corrected chi connectivity index (χ2v) is 8.54. The lowest BCUT2D eigenvalue weighted by molar-refractivity contribution is -0.156. The molecule has 0 aliphatic heterocycles. The van der Waals surface area contributed by atoms with Crippen LogP contribution in [0.5, 0.6) is 23.0 Å². The molecule has 2 aromatic carbocycles. The molecule has 0 unspecified atom stereocenters. The summed E-state index contributed by atoms with van der Waals surface area (Å²) in [6, 6.07) is 5.93. The number of aliphatic hydroxyl groups excluding tert-OH is 1. The normalized spacial score (nSPS) is 11.5. The number of carbonyl (C=O) groups is 7. The number of hydrogen-bond donors (Lipinski definition) is 2. The number of carboxylic acids is 1. The summed E-state index contributed by atoms with van der Waals surface area (Å²) in [5.74, 6) is -7.14. The fourth-order valence-electron chi connectivity index (χ4n) is 3.39. The third-order valence-corrected chi connectivity index (χ3v) is 5.03. The van der Waals surface area contributed by atoms with Crippen LogP contribution in [-0.2, 0) is 33.6 Å². The highest BCUT2D eigenvalue weighted by molar-refractivity contribution is 6.10. The van der Waals surface area contributed by atoms with E-state index in [4.69, 9.17) is 18.9 Å². The third-order valence-electron chi connectivity index (χ3n) is 5.03. The monoisotopic (exact) mass is 597 g/mol. The number of carboxylic acid groups (broad SMARTS) is 1. The van der Waals surface area contributed by atoms with Gasteiger partial charge in [-0.15, -0.1) is 0 Å². The lowest BCUT2D eigenvalue weighted by atomic mass is 10.1. The molecule has 0 fully saturated rings. The molecule has 0 saturated heterocycles. The Hall–Kier alpha value is -5.63. The highest BCUT2D eigenvalue weighted by Crippen LogP contribution is 2.30. The van der Waals surface area contributed by atoms with E-state index in [1.807, 2.05) is 0 Å². The minimum absolute atomic E-state index is 0.0721. The van der Waals surface area contributed by atoms with E-state index < -0.39 is 54.3 Å². The second-order valence-electron chi connectivity index (χ2n) is 8.54. The third kappa shape index (κ3) is 10.4. The molecule has 0 bridgehead atoms. The maximum Gasteiger partial charge on any atom is 0.329 e. The predicted molar refractivity (Wildman–Crippen MR) is 147 cm³/mol. The molecule has 2 N–H and O–H groups in total. The van der Waals surface area contributed by atoms with Crippen molar-refractivity contribution in [1.29, 1.82) is 0 Å². The first-order valence-corrected chi connectivity index (χ1v) is 12.3. The first kappa shape index (κ1) is 33.6. The minimum atomic E-state index is -1.96. The zero-order chi connectivity index (χ0) is 32.3. The summed E-state index contributed by atoms with van der Waals surface area (Å²) in [5.41, 5.74) is 0.482. The van der Waals surface area contributed by atoms with Gasteiger partial charge in [0, 0.05) is 39.8 Å². The summed E-state index contributed by atoms with van der Waals surface area (Å²) in [7, 11) is 0. The van der Waals surface area contributed by atoms with E-state index in [1.54, 1.807) is 0 Å². The maximum atomic E-state index is 13.0. The van der Waals surface area contributed by atoms with E-state index in [9.17, 15) is 43.8 Å².